The summed E-state index contributed by atoms with van der Waals surface area (Å²) in [5.41, 5.74) is -0.313. The van der Waals surface area contributed by atoms with E-state index in [2.05, 4.69) is 10.6 Å². The molecule has 0 unspecified atom stereocenters. The van der Waals surface area contributed by atoms with E-state index in [9.17, 15) is 9.59 Å². The number of rotatable bonds is 6. The molecular formula is C11H20N2O4. The molecule has 1 atom stereocenters. The highest BCUT2D eigenvalue weighted by Gasteiger charge is 2.39. The number of amides is 2. The number of hydrogen-bond acceptors (Lipinski definition) is 3. The molecule has 2 amide bonds. The van der Waals surface area contributed by atoms with E-state index < -0.39 is 18.0 Å². The summed E-state index contributed by atoms with van der Waals surface area (Å²) in [6, 6.07) is -1.54. The van der Waals surface area contributed by atoms with Crippen LogP contribution in [-0.2, 0) is 4.79 Å². The van der Waals surface area contributed by atoms with Crippen LogP contribution in [0.4, 0.5) is 4.79 Å². The fourth-order valence-corrected chi connectivity index (χ4v) is 1.78. The lowest BCUT2D eigenvalue weighted by atomic mass is 9.99. The molecule has 1 rings (SSSR count). The molecule has 0 aromatic rings. The fraction of sp³-hybridized carbons (Fsp3) is 0.818. The van der Waals surface area contributed by atoms with Crippen LogP contribution < -0.4 is 10.6 Å². The first-order chi connectivity index (χ1) is 7.86. The average Bonchev–Trinajstić information content (AvgIpc) is 2.98. The summed E-state index contributed by atoms with van der Waals surface area (Å²) in [6.07, 6.45) is 2.19. The zero-order valence-corrected chi connectivity index (χ0v) is 10.2. The van der Waals surface area contributed by atoms with E-state index in [4.69, 9.17) is 10.2 Å². The number of hydrogen-bond donors (Lipinski definition) is 4. The largest absolute Gasteiger partial charge is 0.480 e. The van der Waals surface area contributed by atoms with Gasteiger partial charge in [0.05, 0.1) is 0 Å². The summed E-state index contributed by atoms with van der Waals surface area (Å²) >= 11 is 0. The van der Waals surface area contributed by atoms with Gasteiger partial charge in [0.2, 0.25) is 0 Å². The smallest absolute Gasteiger partial charge is 0.326 e. The minimum absolute atomic E-state index is 0.00656. The molecule has 17 heavy (non-hydrogen) atoms. The van der Waals surface area contributed by atoms with Gasteiger partial charge in [0, 0.05) is 18.6 Å². The van der Waals surface area contributed by atoms with Crippen molar-refractivity contribution in [2.24, 2.45) is 5.92 Å². The van der Waals surface area contributed by atoms with Crippen molar-refractivity contribution in [2.45, 2.75) is 44.7 Å². The molecule has 98 valence electrons. The first-order valence-corrected chi connectivity index (χ1v) is 5.79. The molecule has 1 aliphatic carbocycles. The number of carboxylic acids is 1. The van der Waals surface area contributed by atoms with Crippen molar-refractivity contribution in [3.05, 3.63) is 0 Å². The van der Waals surface area contributed by atoms with Gasteiger partial charge in [0.1, 0.15) is 6.04 Å². The van der Waals surface area contributed by atoms with Gasteiger partial charge in [0.15, 0.2) is 0 Å². The van der Waals surface area contributed by atoms with Crippen molar-refractivity contribution < 1.29 is 19.8 Å². The maximum atomic E-state index is 11.6. The number of carbonyl (C=O) groups is 2. The summed E-state index contributed by atoms with van der Waals surface area (Å²) in [5, 5.41) is 22.6. The molecule has 1 fully saturated rings. The molecule has 6 heteroatoms. The Kier molecular flexibility index (Phi) is 4.34. The van der Waals surface area contributed by atoms with Crippen LogP contribution in [0.15, 0.2) is 0 Å². The summed E-state index contributed by atoms with van der Waals surface area (Å²) in [5.74, 6) is -0.673. The quantitative estimate of drug-likeness (QED) is 0.540. The van der Waals surface area contributed by atoms with Crippen LogP contribution in [0.25, 0.3) is 0 Å². The second kappa shape index (κ2) is 5.35. The predicted octanol–water partition coefficient (Wildman–Crippen LogP) is 0.310. The molecule has 0 aliphatic heterocycles. The van der Waals surface area contributed by atoms with E-state index in [0.29, 0.717) is 5.92 Å². The average molecular weight is 244 g/mol. The van der Waals surface area contributed by atoms with Crippen molar-refractivity contribution >= 4 is 12.0 Å². The lowest BCUT2D eigenvalue weighted by Crippen LogP contribution is -2.53. The van der Waals surface area contributed by atoms with Crippen molar-refractivity contribution in [1.29, 1.82) is 0 Å². The third-order valence-electron chi connectivity index (χ3n) is 3.05. The van der Waals surface area contributed by atoms with E-state index in [1.807, 2.05) is 13.8 Å². The standard InChI is InChI=1S/C11H20N2O4/c1-11(2,7-3-4-7)13-10(17)12-8(5-6-14)9(15)16/h7-8,14H,3-6H2,1-2H3,(H,15,16)(H2,12,13,17)/t8-/m1/s1. The molecule has 1 saturated carbocycles. The molecule has 1 aliphatic rings. The van der Waals surface area contributed by atoms with Gasteiger partial charge in [-0.25, -0.2) is 9.59 Å². The maximum Gasteiger partial charge on any atom is 0.326 e. The van der Waals surface area contributed by atoms with Gasteiger partial charge in [-0.3, -0.25) is 0 Å². The van der Waals surface area contributed by atoms with Crippen molar-refractivity contribution in [3.63, 3.8) is 0 Å². The molecule has 6 nitrogen and oxygen atoms in total. The number of aliphatic hydroxyl groups excluding tert-OH is 1. The van der Waals surface area contributed by atoms with Crippen LogP contribution in [-0.4, -0.2) is 40.4 Å². The second-order valence-corrected chi connectivity index (χ2v) is 5.00. The van der Waals surface area contributed by atoms with Crippen LogP contribution in [0.5, 0.6) is 0 Å². The van der Waals surface area contributed by atoms with Gasteiger partial charge < -0.3 is 20.8 Å². The van der Waals surface area contributed by atoms with Gasteiger partial charge in [-0.1, -0.05) is 0 Å². The minimum Gasteiger partial charge on any atom is -0.480 e. The Morgan fingerprint density at radius 1 is 1.41 bits per heavy atom. The molecule has 0 saturated heterocycles. The highest BCUT2D eigenvalue weighted by atomic mass is 16.4. The number of urea groups is 1. The molecule has 0 heterocycles. The molecule has 4 N–H and O–H groups in total. The Morgan fingerprint density at radius 2 is 2.00 bits per heavy atom. The van der Waals surface area contributed by atoms with E-state index in [1.165, 1.54) is 0 Å². The zero-order chi connectivity index (χ0) is 13.1. The monoisotopic (exact) mass is 244 g/mol. The van der Waals surface area contributed by atoms with Gasteiger partial charge in [-0.05, 0) is 32.6 Å². The van der Waals surface area contributed by atoms with E-state index in [1.54, 1.807) is 0 Å². The first kappa shape index (κ1) is 13.8. The number of aliphatic carboxylic acids is 1. The molecule has 0 radical (unpaired) electrons. The van der Waals surface area contributed by atoms with Crippen LogP contribution in [0.1, 0.15) is 33.1 Å². The predicted molar refractivity (Wildman–Crippen MR) is 61.6 cm³/mol. The van der Waals surface area contributed by atoms with Crippen LogP contribution in [0.2, 0.25) is 0 Å². The zero-order valence-electron chi connectivity index (χ0n) is 10.2. The summed E-state index contributed by atoms with van der Waals surface area (Å²) in [7, 11) is 0. The number of nitrogens with one attached hydrogen (secondary N) is 2. The Morgan fingerprint density at radius 3 is 2.41 bits per heavy atom. The maximum absolute atomic E-state index is 11.6. The van der Waals surface area contributed by atoms with E-state index in [0.717, 1.165) is 12.8 Å². The summed E-state index contributed by atoms with van der Waals surface area (Å²) < 4.78 is 0. The molecule has 0 aromatic carbocycles. The molecule has 0 spiro atoms. The Labute approximate surface area is 100 Å². The van der Waals surface area contributed by atoms with Crippen LogP contribution >= 0.6 is 0 Å². The third-order valence-corrected chi connectivity index (χ3v) is 3.05. The Hall–Kier alpha value is -1.30. The van der Waals surface area contributed by atoms with Crippen molar-refractivity contribution in [3.8, 4) is 0 Å². The van der Waals surface area contributed by atoms with Crippen LogP contribution in [0, 0.1) is 5.92 Å². The lowest BCUT2D eigenvalue weighted by Gasteiger charge is -2.27. The Bertz CT molecular complexity index is 300. The van der Waals surface area contributed by atoms with Gasteiger partial charge >= 0.3 is 12.0 Å². The molecule has 0 bridgehead atoms. The molecular weight excluding hydrogens is 224 g/mol. The Balaban J connectivity index is 2.44. The van der Waals surface area contributed by atoms with Gasteiger partial charge in [-0.2, -0.15) is 0 Å². The topological polar surface area (TPSA) is 98.7 Å². The number of carboxylic acid groups (broad SMARTS) is 1. The fourth-order valence-electron chi connectivity index (χ4n) is 1.78. The highest BCUT2D eigenvalue weighted by Crippen LogP contribution is 2.39. The normalized spacial score (nSPS) is 17.4. The number of aliphatic hydroxyl groups is 1. The van der Waals surface area contributed by atoms with Crippen molar-refractivity contribution in [1.82, 2.24) is 10.6 Å². The number of carbonyl (C=O) groups excluding carboxylic acids is 1. The third kappa shape index (κ3) is 4.22. The first-order valence-electron chi connectivity index (χ1n) is 5.79. The van der Waals surface area contributed by atoms with Gasteiger partial charge in [-0.15, -0.1) is 0 Å². The van der Waals surface area contributed by atoms with Gasteiger partial charge in [0.25, 0.3) is 0 Å². The van der Waals surface area contributed by atoms with Crippen molar-refractivity contribution in [2.75, 3.05) is 6.61 Å². The van der Waals surface area contributed by atoms with Crippen LogP contribution in [0.3, 0.4) is 0 Å². The minimum atomic E-state index is -1.14. The summed E-state index contributed by atoms with van der Waals surface area (Å²) in [4.78, 5) is 22.4. The highest BCUT2D eigenvalue weighted by molar-refractivity contribution is 5.82. The SMILES string of the molecule is CC(C)(NC(=O)N[C@H](CCO)C(=O)O)C1CC1. The second-order valence-electron chi connectivity index (χ2n) is 5.00. The molecule has 0 aromatic heterocycles. The summed E-state index contributed by atoms with van der Waals surface area (Å²) in [6.45, 7) is 3.57. The van der Waals surface area contributed by atoms with E-state index in [-0.39, 0.29) is 18.6 Å². The van der Waals surface area contributed by atoms with E-state index >= 15 is 0 Å². The lowest BCUT2D eigenvalue weighted by molar-refractivity contribution is -0.139.